The molecule has 0 heterocycles. The highest BCUT2D eigenvalue weighted by Crippen LogP contribution is 2.41. The van der Waals surface area contributed by atoms with Crippen LogP contribution in [-0.4, -0.2) is 24.1 Å². The van der Waals surface area contributed by atoms with Gasteiger partial charge in [0.25, 0.3) is 0 Å². The van der Waals surface area contributed by atoms with E-state index in [0.717, 1.165) is 5.57 Å². The van der Waals surface area contributed by atoms with Crippen molar-refractivity contribution in [1.82, 2.24) is 0 Å². The number of ether oxygens (including phenoxy) is 1. The third-order valence-electron chi connectivity index (χ3n) is 3.88. The second kappa shape index (κ2) is 4.91. The number of hydrogen-bond donors (Lipinski definition) is 0. The molecule has 106 valence electrons. The summed E-state index contributed by atoms with van der Waals surface area (Å²) in [6, 6.07) is 0. The van der Waals surface area contributed by atoms with Crippen molar-refractivity contribution in [3.63, 3.8) is 0 Å². The lowest BCUT2D eigenvalue weighted by molar-refractivity contribution is -0.156. The molecule has 0 radical (unpaired) electrons. The van der Waals surface area contributed by atoms with Gasteiger partial charge in [-0.05, 0) is 17.1 Å². The van der Waals surface area contributed by atoms with Gasteiger partial charge in [0.2, 0.25) is 5.78 Å². The van der Waals surface area contributed by atoms with E-state index in [1.54, 1.807) is 20.8 Å². The zero-order valence-electron chi connectivity index (χ0n) is 12.5. The summed E-state index contributed by atoms with van der Waals surface area (Å²) in [4.78, 5) is 35.0. The quantitative estimate of drug-likeness (QED) is 0.581. The van der Waals surface area contributed by atoms with Crippen LogP contribution in [0, 0.1) is 16.7 Å². The largest absolute Gasteiger partial charge is 0.455 e. The molecule has 1 aliphatic carbocycles. The Labute approximate surface area is 114 Å². The van der Waals surface area contributed by atoms with Crippen molar-refractivity contribution in [2.45, 2.75) is 41.5 Å². The first-order valence-corrected chi connectivity index (χ1v) is 6.44. The zero-order valence-corrected chi connectivity index (χ0v) is 12.5. The summed E-state index contributed by atoms with van der Waals surface area (Å²) < 4.78 is 5.04. The van der Waals surface area contributed by atoms with Crippen LogP contribution >= 0.6 is 0 Å². The lowest BCUT2D eigenvalue weighted by atomic mass is 9.78. The molecule has 1 rings (SSSR count). The molecule has 0 saturated carbocycles. The van der Waals surface area contributed by atoms with Crippen LogP contribution < -0.4 is 0 Å². The van der Waals surface area contributed by atoms with Crippen molar-refractivity contribution in [3.8, 4) is 0 Å². The molecule has 0 aromatic heterocycles. The Balaban J connectivity index is 2.69. The lowest BCUT2D eigenvalue weighted by Crippen LogP contribution is -2.32. The molecule has 4 heteroatoms. The summed E-state index contributed by atoms with van der Waals surface area (Å²) in [5.74, 6) is -1.47. The Morgan fingerprint density at radius 1 is 1.32 bits per heavy atom. The summed E-state index contributed by atoms with van der Waals surface area (Å²) in [5.41, 5.74) is -0.317. The van der Waals surface area contributed by atoms with E-state index in [1.165, 1.54) is 6.08 Å². The Hall–Kier alpha value is -1.45. The van der Waals surface area contributed by atoms with Gasteiger partial charge in [-0.2, -0.15) is 0 Å². The lowest BCUT2D eigenvalue weighted by Gasteiger charge is -2.27. The molecule has 19 heavy (non-hydrogen) atoms. The van der Waals surface area contributed by atoms with Crippen molar-refractivity contribution >= 4 is 17.5 Å². The summed E-state index contributed by atoms with van der Waals surface area (Å²) in [6.07, 6.45) is 1.53. The first kappa shape index (κ1) is 15.6. The van der Waals surface area contributed by atoms with Crippen LogP contribution in [0.5, 0.6) is 0 Å². The number of Topliss-reactive ketones (excluding diaryl/α,β-unsaturated/α-hetero) is 1. The van der Waals surface area contributed by atoms with E-state index in [9.17, 15) is 14.4 Å². The smallest absolute Gasteiger partial charge is 0.375 e. The molecule has 1 unspecified atom stereocenters. The van der Waals surface area contributed by atoms with Crippen LogP contribution in [0.3, 0.4) is 0 Å². The van der Waals surface area contributed by atoms with E-state index >= 15 is 0 Å². The molecule has 0 aromatic carbocycles. The predicted molar refractivity (Wildman–Crippen MR) is 71.5 cm³/mol. The molecule has 1 aliphatic rings. The highest BCUT2D eigenvalue weighted by molar-refractivity contribution is 6.35. The van der Waals surface area contributed by atoms with E-state index < -0.39 is 17.2 Å². The van der Waals surface area contributed by atoms with Crippen LogP contribution in [0.25, 0.3) is 0 Å². The number of esters is 1. The van der Waals surface area contributed by atoms with Gasteiger partial charge in [-0.25, -0.2) is 4.79 Å². The minimum absolute atomic E-state index is 0.00370. The number of carbonyl (C=O) groups is 3. The number of allylic oxidation sites excluding steroid dienone is 1. The fraction of sp³-hybridized carbons (Fsp3) is 0.667. The van der Waals surface area contributed by atoms with E-state index in [4.69, 9.17) is 4.74 Å². The molecule has 1 atom stereocenters. The topological polar surface area (TPSA) is 60.4 Å². The van der Waals surface area contributed by atoms with Gasteiger partial charge in [-0.15, -0.1) is 0 Å². The molecule has 0 aromatic rings. The molecular formula is C15H22O4. The molecular weight excluding hydrogens is 244 g/mol. The van der Waals surface area contributed by atoms with Gasteiger partial charge < -0.3 is 4.74 Å². The Morgan fingerprint density at radius 3 is 2.21 bits per heavy atom. The molecule has 4 nitrogen and oxygen atoms in total. The van der Waals surface area contributed by atoms with Crippen molar-refractivity contribution in [2.75, 3.05) is 6.61 Å². The molecule has 0 bridgehead atoms. The Kier molecular flexibility index (Phi) is 4.03. The standard InChI is InChI=1S/C15H22O4/c1-9-11(16)7-10(15(9,5)6)8-19-13(18)12(17)14(2,3)4/h7,9H,8H2,1-6H3. The SMILES string of the molecule is CC1C(=O)C=C(COC(=O)C(=O)C(C)(C)C)C1(C)C. The molecule has 0 saturated heterocycles. The first-order valence-electron chi connectivity index (χ1n) is 6.44. The van der Waals surface area contributed by atoms with Crippen LogP contribution in [0.4, 0.5) is 0 Å². The van der Waals surface area contributed by atoms with Crippen LogP contribution in [-0.2, 0) is 19.1 Å². The maximum atomic E-state index is 11.7. The van der Waals surface area contributed by atoms with Gasteiger partial charge in [-0.1, -0.05) is 41.5 Å². The third-order valence-corrected chi connectivity index (χ3v) is 3.88. The zero-order chi connectivity index (χ0) is 15.0. The van der Waals surface area contributed by atoms with Crippen LogP contribution in [0.2, 0.25) is 0 Å². The van der Waals surface area contributed by atoms with E-state index in [2.05, 4.69) is 0 Å². The Bertz CT molecular complexity index is 449. The summed E-state index contributed by atoms with van der Waals surface area (Å²) in [7, 11) is 0. The van der Waals surface area contributed by atoms with Crippen molar-refractivity contribution in [1.29, 1.82) is 0 Å². The average molecular weight is 266 g/mol. The third kappa shape index (κ3) is 3.11. The summed E-state index contributed by atoms with van der Waals surface area (Å²) >= 11 is 0. The molecule has 0 amide bonds. The van der Waals surface area contributed by atoms with Gasteiger partial charge in [0.15, 0.2) is 5.78 Å². The minimum Gasteiger partial charge on any atom is -0.455 e. The van der Waals surface area contributed by atoms with E-state index in [0.29, 0.717) is 0 Å². The second-order valence-corrected chi connectivity index (χ2v) is 6.67. The van der Waals surface area contributed by atoms with Crippen molar-refractivity contribution in [3.05, 3.63) is 11.6 Å². The maximum absolute atomic E-state index is 11.7. The number of rotatable bonds is 3. The minimum atomic E-state index is -0.837. The number of ketones is 2. The highest BCUT2D eigenvalue weighted by Gasteiger charge is 2.40. The fourth-order valence-electron chi connectivity index (χ4n) is 1.86. The molecule has 0 fully saturated rings. The van der Waals surface area contributed by atoms with Crippen LogP contribution in [0.1, 0.15) is 41.5 Å². The van der Waals surface area contributed by atoms with Crippen molar-refractivity contribution in [2.24, 2.45) is 16.7 Å². The maximum Gasteiger partial charge on any atom is 0.375 e. The van der Waals surface area contributed by atoms with Crippen molar-refractivity contribution < 1.29 is 19.1 Å². The Morgan fingerprint density at radius 2 is 1.84 bits per heavy atom. The molecule has 0 aliphatic heterocycles. The summed E-state index contributed by atoms with van der Waals surface area (Å²) in [5, 5.41) is 0. The van der Waals surface area contributed by atoms with Crippen LogP contribution in [0.15, 0.2) is 11.6 Å². The van der Waals surface area contributed by atoms with Gasteiger partial charge in [-0.3, -0.25) is 9.59 Å². The normalized spacial score (nSPS) is 22.1. The number of carbonyl (C=O) groups excluding carboxylic acids is 3. The van der Waals surface area contributed by atoms with Gasteiger partial charge in [0.05, 0.1) is 0 Å². The molecule has 0 spiro atoms. The monoisotopic (exact) mass is 266 g/mol. The predicted octanol–water partition coefficient (Wildman–Crippen LogP) is 2.32. The fourth-order valence-corrected chi connectivity index (χ4v) is 1.86. The highest BCUT2D eigenvalue weighted by atomic mass is 16.5. The second-order valence-electron chi connectivity index (χ2n) is 6.67. The van der Waals surface area contributed by atoms with E-state index in [-0.39, 0.29) is 23.7 Å². The van der Waals surface area contributed by atoms with Gasteiger partial charge in [0, 0.05) is 11.3 Å². The summed E-state index contributed by atoms with van der Waals surface area (Å²) in [6.45, 7) is 10.7. The van der Waals surface area contributed by atoms with Gasteiger partial charge in [0.1, 0.15) is 6.61 Å². The molecule has 0 N–H and O–H groups in total. The first-order chi connectivity index (χ1) is 8.48. The van der Waals surface area contributed by atoms with E-state index in [1.807, 2.05) is 20.8 Å². The average Bonchev–Trinajstić information content (AvgIpc) is 2.47. The number of hydrogen-bond acceptors (Lipinski definition) is 4. The van der Waals surface area contributed by atoms with Gasteiger partial charge >= 0.3 is 5.97 Å².